The zero-order chi connectivity index (χ0) is 24.9. The summed E-state index contributed by atoms with van der Waals surface area (Å²) in [6.45, 7) is 4.19. The van der Waals surface area contributed by atoms with Crippen LogP contribution in [0.4, 0.5) is 0 Å². The van der Waals surface area contributed by atoms with Gasteiger partial charge in [-0.05, 0) is 95.2 Å². The molecule has 2 unspecified atom stereocenters. The van der Waals surface area contributed by atoms with Crippen LogP contribution in [0.25, 0.3) is 0 Å². The molecule has 0 bridgehead atoms. The highest BCUT2D eigenvalue weighted by Gasteiger charge is 2.35. The first-order valence-corrected chi connectivity index (χ1v) is 17.2. The summed E-state index contributed by atoms with van der Waals surface area (Å²) in [5.74, 6) is 1.35. The maximum atomic E-state index is 6.39. The molecule has 0 saturated carbocycles. The third kappa shape index (κ3) is 11.0. The van der Waals surface area contributed by atoms with Gasteiger partial charge in [-0.3, -0.25) is 19.6 Å². The first kappa shape index (κ1) is 32.8. The Labute approximate surface area is 209 Å². The summed E-state index contributed by atoms with van der Waals surface area (Å²) in [5, 5.41) is 0. The fraction of sp³-hybridized carbons (Fsp3) is 1.00. The monoisotopic (exact) mass is 530 g/mol. The van der Waals surface area contributed by atoms with Crippen LogP contribution in [0, 0.1) is 0 Å². The van der Waals surface area contributed by atoms with Crippen LogP contribution in [0.15, 0.2) is 0 Å². The number of rotatable bonds is 19. The highest BCUT2D eigenvalue weighted by Crippen LogP contribution is 2.26. The van der Waals surface area contributed by atoms with Crippen LogP contribution in [0.3, 0.4) is 0 Å². The van der Waals surface area contributed by atoms with Gasteiger partial charge in [0.15, 0.2) is 11.7 Å². The van der Waals surface area contributed by atoms with E-state index < -0.39 is 30.3 Å². The van der Waals surface area contributed by atoms with Gasteiger partial charge in [-0.25, -0.2) is 0 Å². The first-order valence-electron chi connectivity index (χ1n) is 11.2. The summed E-state index contributed by atoms with van der Waals surface area (Å²) < 4.78 is 24.2. The molecular formula is C20H50N4O4S2Si2. The summed E-state index contributed by atoms with van der Waals surface area (Å²) in [4.78, 5) is 8.38. The lowest BCUT2D eigenvalue weighted by Gasteiger charge is -2.43. The Morgan fingerprint density at radius 2 is 0.875 bits per heavy atom. The maximum Gasteiger partial charge on any atom is 0.323 e. The molecular weight excluding hydrogens is 481 g/mol. The van der Waals surface area contributed by atoms with E-state index >= 15 is 0 Å². The van der Waals surface area contributed by atoms with Gasteiger partial charge in [0, 0.05) is 25.7 Å². The molecule has 8 nitrogen and oxygen atoms in total. The summed E-state index contributed by atoms with van der Waals surface area (Å²) in [6, 6.07) is 2.03. The van der Waals surface area contributed by atoms with Crippen molar-refractivity contribution in [2.24, 2.45) is 0 Å². The van der Waals surface area contributed by atoms with E-state index in [0.29, 0.717) is 0 Å². The zero-order valence-electron chi connectivity index (χ0n) is 22.6. The Balaban J connectivity index is 4.19. The third-order valence-electron chi connectivity index (χ3n) is 5.97. The second-order valence-corrected chi connectivity index (χ2v) is 15.9. The molecule has 194 valence electrons. The highest BCUT2D eigenvalue weighted by atomic mass is 33.1. The lowest BCUT2D eigenvalue weighted by atomic mass is 10.4. The molecule has 0 fully saturated rings. The smallest absolute Gasteiger partial charge is 0.323 e. The van der Waals surface area contributed by atoms with E-state index in [1.807, 2.05) is 78.0 Å². The Kier molecular flexibility index (Phi) is 16.9. The van der Waals surface area contributed by atoms with Gasteiger partial charge in [-0.15, -0.1) is 0 Å². The molecule has 0 aliphatic heterocycles. The minimum atomic E-state index is -1.71. The molecule has 0 amide bonds. The van der Waals surface area contributed by atoms with Crippen molar-refractivity contribution in [3.05, 3.63) is 0 Å². The Morgan fingerprint density at radius 3 is 1.09 bits per heavy atom. The predicted octanol–water partition coefficient (Wildman–Crippen LogP) is 2.51. The number of hydrogen-bond donors (Lipinski definition) is 0. The van der Waals surface area contributed by atoms with E-state index in [0.717, 1.165) is 36.4 Å². The summed E-state index contributed by atoms with van der Waals surface area (Å²) in [5.41, 5.74) is 0. The van der Waals surface area contributed by atoms with Gasteiger partial charge >= 0.3 is 18.6 Å². The fourth-order valence-corrected chi connectivity index (χ4v) is 9.53. The van der Waals surface area contributed by atoms with Gasteiger partial charge in [0.05, 0.1) is 0 Å². The molecule has 0 aliphatic carbocycles. The van der Waals surface area contributed by atoms with Crippen molar-refractivity contribution in [1.29, 1.82) is 0 Å². The van der Waals surface area contributed by atoms with Crippen molar-refractivity contribution in [2.45, 2.75) is 50.5 Å². The maximum absolute atomic E-state index is 6.39. The van der Waals surface area contributed by atoms with E-state index in [-0.39, 0.29) is 0 Å². The molecule has 32 heavy (non-hydrogen) atoms. The van der Waals surface area contributed by atoms with Crippen molar-refractivity contribution in [3.63, 3.8) is 0 Å². The third-order valence-corrected chi connectivity index (χ3v) is 12.8. The van der Waals surface area contributed by atoms with Crippen molar-refractivity contribution in [2.75, 3.05) is 82.1 Å². The molecule has 0 rings (SSSR count). The lowest BCUT2D eigenvalue weighted by Crippen LogP contribution is -2.57. The van der Waals surface area contributed by atoms with E-state index in [1.165, 1.54) is 0 Å². The van der Waals surface area contributed by atoms with Gasteiger partial charge in [-0.1, -0.05) is 21.6 Å². The van der Waals surface area contributed by atoms with Crippen LogP contribution in [0.2, 0.25) is 12.1 Å². The molecule has 0 heterocycles. The van der Waals surface area contributed by atoms with Crippen molar-refractivity contribution >= 4 is 40.2 Å². The normalized spacial score (nSPS) is 15.4. The molecule has 12 heteroatoms. The average molecular weight is 531 g/mol. The summed E-state index contributed by atoms with van der Waals surface area (Å²) in [6.07, 6.45) is 2.23. The van der Waals surface area contributed by atoms with Crippen molar-refractivity contribution in [1.82, 2.24) is 19.6 Å². The molecule has 0 aromatic carbocycles. The molecule has 0 aliphatic rings. The standard InChI is InChI=1S/C20H50N4O4S2Si2/c1-19(21(3)4,22(5)6)27-31(25-11)17-13-15-29-30-16-14-18-32(26-12)28-20(2,23(7)8)24(9)10/h31-32H,13-18H2,1-12H3. The number of hydrogen-bond acceptors (Lipinski definition) is 10. The van der Waals surface area contributed by atoms with Gasteiger partial charge in [0.25, 0.3) is 0 Å². The fourth-order valence-electron chi connectivity index (χ4n) is 2.91. The van der Waals surface area contributed by atoms with Gasteiger partial charge in [-0.2, -0.15) is 0 Å². The van der Waals surface area contributed by atoms with E-state index in [2.05, 4.69) is 33.4 Å². The van der Waals surface area contributed by atoms with Gasteiger partial charge in [0.1, 0.15) is 0 Å². The van der Waals surface area contributed by atoms with Crippen LogP contribution >= 0.6 is 21.6 Å². The average Bonchev–Trinajstić information content (AvgIpc) is 2.72. The zero-order valence-corrected chi connectivity index (χ0v) is 26.6. The van der Waals surface area contributed by atoms with E-state index in [9.17, 15) is 0 Å². The molecule has 0 radical (unpaired) electrons. The van der Waals surface area contributed by atoms with Gasteiger partial charge in [0.2, 0.25) is 0 Å². The van der Waals surface area contributed by atoms with Crippen LogP contribution in [0.5, 0.6) is 0 Å². The van der Waals surface area contributed by atoms with Crippen LogP contribution in [-0.4, -0.2) is 132 Å². The highest BCUT2D eigenvalue weighted by molar-refractivity contribution is 8.76. The van der Waals surface area contributed by atoms with Gasteiger partial charge < -0.3 is 17.7 Å². The van der Waals surface area contributed by atoms with Crippen molar-refractivity contribution in [3.8, 4) is 0 Å². The quantitative estimate of drug-likeness (QED) is 0.108. The van der Waals surface area contributed by atoms with Crippen LogP contribution in [-0.2, 0) is 17.7 Å². The van der Waals surface area contributed by atoms with E-state index in [1.54, 1.807) is 14.2 Å². The largest absolute Gasteiger partial charge is 0.400 e. The summed E-state index contributed by atoms with van der Waals surface area (Å²) >= 11 is 0. The molecule has 2 atom stereocenters. The Bertz CT molecular complexity index is 437. The first-order chi connectivity index (χ1) is 14.8. The Morgan fingerprint density at radius 1 is 0.594 bits per heavy atom. The van der Waals surface area contributed by atoms with Crippen LogP contribution in [0.1, 0.15) is 26.7 Å². The number of nitrogens with zero attached hydrogens (tertiary/aromatic N) is 4. The second-order valence-electron chi connectivity index (χ2n) is 8.94. The molecule has 0 aromatic heterocycles. The Hall–Kier alpha value is 0.814. The minimum Gasteiger partial charge on any atom is -0.400 e. The van der Waals surface area contributed by atoms with Crippen LogP contribution < -0.4 is 0 Å². The topological polar surface area (TPSA) is 49.9 Å². The SMILES string of the molecule is CO[SiH](CCCSSCCC[SiH](OC)OC(C)(N(C)C)N(C)C)OC(C)(N(C)C)N(C)C. The predicted molar refractivity (Wildman–Crippen MR) is 146 cm³/mol. The molecule has 0 aromatic rings. The van der Waals surface area contributed by atoms with Crippen molar-refractivity contribution < 1.29 is 17.7 Å². The minimum absolute atomic E-state index is 0.437. The van der Waals surface area contributed by atoms with E-state index in [4.69, 9.17) is 17.7 Å². The summed E-state index contributed by atoms with van der Waals surface area (Å²) in [7, 11) is 20.3. The lowest BCUT2D eigenvalue weighted by molar-refractivity contribution is -0.156. The molecule has 0 spiro atoms. The second kappa shape index (κ2) is 16.5. The molecule has 0 N–H and O–H groups in total. The molecule has 0 saturated heterocycles.